The SMILES string of the molecule is CC(C)(C)OC(=O)N1C([C@@H](C(=O)O)c2ccc(Br)c(F)c2)CCC1(C)C. The smallest absolute Gasteiger partial charge is 0.411 e. The first-order chi connectivity index (χ1) is 11.8. The van der Waals surface area contributed by atoms with Crippen molar-refractivity contribution in [3.05, 3.63) is 34.1 Å². The highest BCUT2D eigenvalue weighted by atomic mass is 79.9. The van der Waals surface area contributed by atoms with E-state index in [0.29, 0.717) is 18.4 Å². The first-order valence-electron chi connectivity index (χ1n) is 8.53. The molecule has 0 saturated carbocycles. The van der Waals surface area contributed by atoms with Crippen LogP contribution in [0.1, 0.15) is 58.9 Å². The molecule has 26 heavy (non-hydrogen) atoms. The van der Waals surface area contributed by atoms with E-state index in [1.54, 1.807) is 26.8 Å². The van der Waals surface area contributed by atoms with E-state index in [0.717, 1.165) is 0 Å². The van der Waals surface area contributed by atoms with Crippen molar-refractivity contribution in [3.8, 4) is 0 Å². The predicted octanol–water partition coefficient (Wildman–Crippen LogP) is 4.93. The van der Waals surface area contributed by atoms with Gasteiger partial charge in [0.25, 0.3) is 0 Å². The molecule has 0 aromatic heterocycles. The maximum Gasteiger partial charge on any atom is 0.411 e. The molecule has 0 aliphatic carbocycles. The lowest BCUT2D eigenvalue weighted by atomic mass is 9.90. The third-order valence-electron chi connectivity index (χ3n) is 4.58. The molecule has 2 rings (SSSR count). The molecule has 1 heterocycles. The Morgan fingerprint density at radius 2 is 2.00 bits per heavy atom. The van der Waals surface area contributed by atoms with Gasteiger partial charge in [-0.1, -0.05) is 6.07 Å². The van der Waals surface area contributed by atoms with Crippen LogP contribution in [0.3, 0.4) is 0 Å². The van der Waals surface area contributed by atoms with Crippen LogP contribution in [-0.4, -0.2) is 39.3 Å². The quantitative estimate of drug-likeness (QED) is 0.738. The monoisotopic (exact) mass is 429 g/mol. The number of benzene rings is 1. The van der Waals surface area contributed by atoms with Crippen molar-refractivity contribution in [2.45, 2.75) is 70.6 Å². The van der Waals surface area contributed by atoms with E-state index in [1.807, 2.05) is 13.8 Å². The number of halogens is 2. The molecule has 5 nitrogen and oxygen atoms in total. The Labute approximate surface area is 161 Å². The number of hydrogen-bond donors (Lipinski definition) is 1. The number of nitrogens with zero attached hydrogens (tertiary/aromatic N) is 1. The van der Waals surface area contributed by atoms with Crippen LogP contribution in [0.25, 0.3) is 0 Å². The molecule has 1 saturated heterocycles. The number of aliphatic carboxylic acids is 1. The molecule has 1 aromatic carbocycles. The van der Waals surface area contributed by atoms with Crippen LogP contribution in [0, 0.1) is 5.82 Å². The van der Waals surface area contributed by atoms with Gasteiger partial charge >= 0.3 is 12.1 Å². The largest absolute Gasteiger partial charge is 0.481 e. The number of carbonyl (C=O) groups is 2. The van der Waals surface area contributed by atoms with E-state index in [9.17, 15) is 19.1 Å². The Kier molecular flexibility index (Phi) is 5.71. The Balaban J connectivity index is 2.44. The van der Waals surface area contributed by atoms with Gasteiger partial charge in [0, 0.05) is 5.54 Å². The number of carboxylic acid groups (broad SMARTS) is 1. The van der Waals surface area contributed by atoms with Gasteiger partial charge in [0.15, 0.2) is 0 Å². The molecule has 1 unspecified atom stereocenters. The molecule has 2 atom stereocenters. The van der Waals surface area contributed by atoms with Crippen molar-refractivity contribution >= 4 is 28.0 Å². The molecule has 1 aromatic rings. The molecule has 0 bridgehead atoms. The zero-order valence-corrected chi connectivity index (χ0v) is 17.3. The third kappa shape index (κ3) is 4.37. The van der Waals surface area contributed by atoms with Crippen molar-refractivity contribution in [3.63, 3.8) is 0 Å². The second kappa shape index (κ2) is 7.18. The summed E-state index contributed by atoms with van der Waals surface area (Å²) in [5.41, 5.74) is -0.911. The number of amides is 1. The van der Waals surface area contributed by atoms with Gasteiger partial charge in [-0.3, -0.25) is 9.69 Å². The van der Waals surface area contributed by atoms with Crippen LogP contribution < -0.4 is 0 Å². The van der Waals surface area contributed by atoms with Crippen LogP contribution in [0.2, 0.25) is 0 Å². The summed E-state index contributed by atoms with van der Waals surface area (Å²) in [6.07, 6.45) is 0.592. The van der Waals surface area contributed by atoms with E-state index in [4.69, 9.17) is 4.74 Å². The maximum absolute atomic E-state index is 14.0. The normalized spacial score (nSPS) is 20.7. The van der Waals surface area contributed by atoms with E-state index in [-0.39, 0.29) is 4.47 Å². The molecule has 7 heteroatoms. The standard InChI is InChI=1S/C19H25BrFNO4/c1-18(2,3)26-17(25)22-14(8-9-19(22,4)5)15(16(23)24)11-6-7-12(20)13(21)10-11/h6-7,10,14-15H,8-9H2,1-5H3,(H,23,24)/t14?,15-/m0/s1. The van der Waals surface area contributed by atoms with Gasteiger partial charge in [0.2, 0.25) is 0 Å². The van der Waals surface area contributed by atoms with Crippen LogP contribution >= 0.6 is 15.9 Å². The minimum Gasteiger partial charge on any atom is -0.481 e. The molecule has 144 valence electrons. The first-order valence-corrected chi connectivity index (χ1v) is 9.33. The molecular weight excluding hydrogens is 405 g/mol. The van der Waals surface area contributed by atoms with Crippen molar-refractivity contribution in [1.82, 2.24) is 4.90 Å². The molecule has 1 N–H and O–H groups in total. The van der Waals surface area contributed by atoms with E-state index < -0.39 is 41.0 Å². The van der Waals surface area contributed by atoms with E-state index >= 15 is 0 Å². The van der Waals surface area contributed by atoms with Crippen molar-refractivity contribution in [2.75, 3.05) is 0 Å². The summed E-state index contributed by atoms with van der Waals surface area (Å²) in [5.74, 6) is -2.66. The Morgan fingerprint density at radius 1 is 1.38 bits per heavy atom. The minimum atomic E-state index is -1.09. The summed E-state index contributed by atoms with van der Waals surface area (Å²) < 4.78 is 19.7. The third-order valence-corrected chi connectivity index (χ3v) is 5.22. The van der Waals surface area contributed by atoms with Gasteiger partial charge in [-0.05, 0) is 81.1 Å². The van der Waals surface area contributed by atoms with Crippen LogP contribution in [0.5, 0.6) is 0 Å². The molecule has 1 aliphatic heterocycles. The van der Waals surface area contributed by atoms with Crippen LogP contribution in [0.4, 0.5) is 9.18 Å². The van der Waals surface area contributed by atoms with Crippen molar-refractivity contribution in [1.29, 1.82) is 0 Å². The second-order valence-electron chi connectivity index (χ2n) is 8.26. The van der Waals surface area contributed by atoms with E-state index in [1.165, 1.54) is 17.0 Å². The number of likely N-dealkylation sites (tertiary alicyclic amines) is 1. The number of ether oxygens (including phenoxy) is 1. The fraction of sp³-hybridized carbons (Fsp3) is 0.579. The molecule has 0 radical (unpaired) electrons. The van der Waals surface area contributed by atoms with Crippen molar-refractivity contribution in [2.24, 2.45) is 0 Å². The average Bonchev–Trinajstić information content (AvgIpc) is 2.76. The summed E-state index contributed by atoms with van der Waals surface area (Å²) in [4.78, 5) is 26.3. The van der Waals surface area contributed by atoms with E-state index in [2.05, 4.69) is 15.9 Å². The molecule has 1 fully saturated rings. The lowest BCUT2D eigenvalue weighted by Gasteiger charge is -2.39. The van der Waals surface area contributed by atoms with Gasteiger partial charge < -0.3 is 9.84 Å². The van der Waals surface area contributed by atoms with Gasteiger partial charge in [-0.25, -0.2) is 9.18 Å². The fourth-order valence-corrected chi connectivity index (χ4v) is 3.69. The van der Waals surface area contributed by atoms with Crippen LogP contribution in [-0.2, 0) is 9.53 Å². The highest BCUT2D eigenvalue weighted by Gasteiger charge is 2.49. The summed E-state index contributed by atoms with van der Waals surface area (Å²) >= 11 is 3.08. The van der Waals surface area contributed by atoms with Gasteiger partial charge in [-0.2, -0.15) is 0 Å². The van der Waals surface area contributed by atoms with Gasteiger partial charge in [-0.15, -0.1) is 0 Å². The summed E-state index contributed by atoms with van der Waals surface area (Å²) in [6, 6.07) is 3.66. The Morgan fingerprint density at radius 3 is 2.50 bits per heavy atom. The number of carboxylic acids is 1. The number of carbonyl (C=O) groups excluding carboxylic acids is 1. The molecule has 0 spiro atoms. The summed E-state index contributed by atoms with van der Waals surface area (Å²) in [7, 11) is 0. The molecule has 1 aliphatic rings. The predicted molar refractivity (Wildman–Crippen MR) is 99.7 cm³/mol. The average molecular weight is 430 g/mol. The Hall–Kier alpha value is -1.63. The molecular formula is C19H25BrFNO4. The lowest BCUT2D eigenvalue weighted by Crippen LogP contribution is -2.51. The first kappa shape index (κ1) is 20.7. The number of hydrogen-bond acceptors (Lipinski definition) is 3. The second-order valence-corrected chi connectivity index (χ2v) is 9.11. The zero-order valence-electron chi connectivity index (χ0n) is 15.7. The highest BCUT2D eigenvalue weighted by Crippen LogP contribution is 2.41. The lowest BCUT2D eigenvalue weighted by molar-refractivity contribution is -0.140. The summed E-state index contributed by atoms with van der Waals surface area (Å²) in [5, 5.41) is 9.84. The fourth-order valence-electron chi connectivity index (χ4n) is 3.44. The topological polar surface area (TPSA) is 66.8 Å². The summed E-state index contributed by atoms with van der Waals surface area (Å²) in [6.45, 7) is 9.07. The van der Waals surface area contributed by atoms with Crippen LogP contribution in [0.15, 0.2) is 22.7 Å². The minimum absolute atomic E-state index is 0.265. The molecule has 1 amide bonds. The number of rotatable bonds is 3. The van der Waals surface area contributed by atoms with Gasteiger partial charge in [0.05, 0.1) is 10.5 Å². The van der Waals surface area contributed by atoms with Gasteiger partial charge in [0.1, 0.15) is 17.3 Å². The zero-order chi connectivity index (χ0) is 19.9. The maximum atomic E-state index is 14.0. The Bertz CT molecular complexity index is 714. The highest BCUT2D eigenvalue weighted by molar-refractivity contribution is 9.10. The van der Waals surface area contributed by atoms with Crippen molar-refractivity contribution < 1.29 is 23.8 Å².